The number of carbonyl (C=O) groups is 3. The van der Waals surface area contributed by atoms with Gasteiger partial charge in [-0.15, -0.1) is 0 Å². The molecular weight excluding hydrogens is 276 g/mol. The molecule has 0 heterocycles. The second kappa shape index (κ2) is 11.9. The van der Waals surface area contributed by atoms with E-state index in [2.05, 4.69) is 11.7 Å². The molecule has 0 aromatic carbocycles. The second-order valence-electron chi connectivity index (χ2n) is 4.51. The number of rotatable bonds is 10. The van der Waals surface area contributed by atoms with Crippen molar-refractivity contribution >= 4 is 17.9 Å². The first kappa shape index (κ1) is 19.1. The number of methoxy groups -OCH3 is 1. The minimum Gasteiger partial charge on any atom is -0.469 e. The van der Waals surface area contributed by atoms with E-state index in [-0.39, 0.29) is 25.6 Å². The van der Waals surface area contributed by atoms with Gasteiger partial charge >= 0.3 is 17.9 Å². The molecule has 21 heavy (non-hydrogen) atoms. The van der Waals surface area contributed by atoms with Crippen molar-refractivity contribution in [3.63, 3.8) is 0 Å². The molecule has 0 N–H and O–H groups in total. The van der Waals surface area contributed by atoms with E-state index in [1.165, 1.54) is 14.0 Å². The zero-order valence-corrected chi connectivity index (χ0v) is 13.0. The largest absolute Gasteiger partial charge is 0.469 e. The number of unbranched alkanes of at least 4 members (excludes halogenated alkanes) is 1. The van der Waals surface area contributed by atoms with Crippen LogP contribution in [-0.2, 0) is 28.6 Å². The van der Waals surface area contributed by atoms with Gasteiger partial charge in [-0.05, 0) is 24.8 Å². The lowest BCUT2D eigenvalue weighted by Crippen LogP contribution is -2.13. The van der Waals surface area contributed by atoms with Crippen molar-refractivity contribution in [1.82, 2.24) is 0 Å². The molecule has 0 aromatic rings. The number of ether oxygens (including phenoxy) is 3. The highest BCUT2D eigenvalue weighted by molar-refractivity contribution is 5.91. The summed E-state index contributed by atoms with van der Waals surface area (Å²) >= 11 is 0. The summed E-state index contributed by atoms with van der Waals surface area (Å²) in [7, 11) is 1.22. The Morgan fingerprint density at radius 2 is 1.81 bits per heavy atom. The minimum atomic E-state index is -0.617. The Bertz CT molecular complexity index is 372. The van der Waals surface area contributed by atoms with Gasteiger partial charge in [0.05, 0.1) is 13.7 Å². The van der Waals surface area contributed by atoms with E-state index >= 15 is 0 Å². The van der Waals surface area contributed by atoms with E-state index in [0.29, 0.717) is 6.42 Å². The van der Waals surface area contributed by atoms with Crippen molar-refractivity contribution in [2.24, 2.45) is 0 Å². The molecule has 120 valence electrons. The van der Waals surface area contributed by atoms with Gasteiger partial charge in [-0.2, -0.15) is 0 Å². The van der Waals surface area contributed by atoms with E-state index in [1.807, 2.05) is 6.08 Å². The lowest BCUT2D eigenvalue weighted by molar-refractivity contribution is -0.152. The molecule has 0 atom stereocenters. The van der Waals surface area contributed by atoms with Crippen LogP contribution in [0.3, 0.4) is 0 Å². The van der Waals surface area contributed by atoms with Crippen molar-refractivity contribution in [1.29, 1.82) is 0 Å². The lowest BCUT2D eigenvalue weighted by Gasteiger charge is -2.08. The van der Waals surface area contributed by atoms with Crippen molar-refractivity contribution in [2.75, 3.05) is 20.3 Å². The predicted octanol–water partition coefficient (Wildman–Crippen LogP) is 2.16. The second-order valence-corrected chi connectivity index (χ2v) is 4.51. The lowest BCUT2D eigenvalue weighted by atomic mass is 10.1. The van der Waals surface area contributed by atoms with Gasteiger partial charge < -0.3 is 14.2 Å². The first-order chi connectivity index (χ1) is 9.99. The monoisotopic (exact) mass is 300 g/mol. The van der Waals surface area contributed by atoms with E-state index in [9.17, 15) is 14.4 Å². The highest BCUT2D eigenvalue weighted by atomic mass is 16.5. The maximum atomic E-state index is 11.2. The molecule has 0 saturated carbocycles. The summed E-state index contributed by atoms with van der Waals surface area (Å²) in [4.78, 5) is 32.9. The molecule has 0 aliphatic carbocycles. The molecule has 0 aliphatic rings. The van der Waals surface area contributed by atoms with E-state index in [1.54, 1.807) is 0 Å². The fourth-order valence-electron chi connectivity index (χ4n) is 1.51. The first-order valence-corrected chi connectivity index (χ1v) is 7.03. The van der Waals surface area contributed by atoms with E-state index in [4.69, 9.17) is 9.47 Å². The molecule has 0 rings (SSSR count). The fraction of sp³-hybridized carbons (Fsp3) is 0.667. The van der Waals surface area contributed by atoms with Crippen molar-refractivity contribution in [2.45, 2.75) is 46.0 Å². The van der Waals surface area contributed by atoms with Crippen LogP contribution in [0, 0.1) is 0 Å². The van der Waals surface area contributed by atoms with Crippen molar-refractivity contribution in [3.05, 3.63) is 11.6 Å². The topological polar surface area (TPSA) is 78.9 Å². The number of hydrogen-bond donors (Lipinski definition) is 0. The average molecular weight is 300 g/mol. The van der Waals surface area contributed by atoms with Gasteiger partial charge in [-0.25, -0.2) is 0 Å². The zero-order valence-electron chi connectivity index (χ0n) is 13.0. The standard InChI is InChI=1S/C15H24O6/c1-4-5-7-13(11-21-12(2)16)8-6-9-20-15(18)10-14(17)19-3/h8H,4-7,9-11H2,1-3H3/b13-8-. The number of carbonyl (C=O) groups excluding carboxylic acids is 3. The Morgan fingerprint density at radius 3 is 2.38 bits per heavy atom. The summed E-state index contributed by atoms with van der Waals surface area (Å²) in [6.07, 6.45) is 4.95. The minimum absolute atomic E-state index is 0.186. The van der Waals surface area contributed by atoms with E-state index < -0.39 is 11.9 Å². The molecule has 0 saturated heterocycles. The molecular formula is C15H24O6. The highest BCUT2D eigenvalue weighted by Gasteiger charge is 2.10. The molecule has 0 fully saturated rings. The molecule has 0 aromatic heterocycles. The van der Waals surface area contributed by atoms with Crippen LogP contribution in [-0.4, -0.2) is 38.2 Å². The average Bonchev–Trinajstić information content (AvgIpc) is 2.44. The van der Waals surface area contributed by atoms with Gasteiger partial charge in [-0.1, -0.05) is 19.4 Å². The summed E-state index contributed by atoms with van der Waals surface area (Å²) in [5.41, 5.74) is 1.01. The molecule has 6 nitrogen and oxygen atoms in total. The van der Waals surface area contributed by atoms with Crippen LogP contribution in [0.4, 0.5) is 0 Å². The molecule has 0 spiro atoms. The molecule has 0 aliphatic heterocycles. The first-order valence-electron chi connectivity index (χ1n) is 7.03. The Hall–Kier alpha value is -1.85. The molecule has 0 bridgehead atoms. The van der Waals surface area contributed by atoms with Gasteiger partial charge in [0.25, 0.3) is 0 Å². The molecule has 0 amide bonds. The Balaban J connectivity index is 4.08. The highest BCUT2D eigenvalue weighted by Crippen LogP contribution is 2.09. The van der Waals surface area contributed by atoms with Crippen LogP contribution in [0.15, 0.2) is 11.6 Å². The smallest absolute Gasteiger partial charge is 0.317 e. The van der Waals surface area contributed by atoms with Crippen molar-refractivity contribution in [3.8, 4) is 0 Å². The quantitative estimate of drug-likeness (QED) is 0.202. The van der Waals surface area contributed by atoms with Crippen LogP contribution >= 0.6 is 0 Å². The van der Waals surface area contributed by atoms with Gasteiger partial charge in [0.2, 0.25) is 0 Å². The predicted molar refractivity (Wildman–Crippen MR) is 76.5 cm³/mol. The van der Waals surface area contributed by atoms with Crippen LogP contribution in [0.2, 0.25) is 0 Å². The Labute approximate surface area is 125 Å². The SMILES string of the molecule is CCCC/C(=C/CCOC(=O)CC(=O)OC)COC(C)=O. The molecule has 0 radical (unpaired) electrons. The summed E-state index contributed by atoms with van der Waals surface area (Å²) in [5.74, 6) is -1.54. The maximum Gasteiger partial charge on any atom is 0.317 e. The van der Waals surface area contributed by atoms with Crippen LogP contribution < -0.4 is 0 Å². The summed E-state index contributed by atoms with van der Waals surface area (Å²) in [6.45, 7) is 3.90. The van der Waals surface area contributed by atoms with Crippen LogP contribution in [0.1, 0.15) is 46.0 Å². The summed E-state index contributed by atoms with van der Waals surface area (Å²) in [5, 5.41) is 0. The molecule has 0 unspecified atom stereocenters. The van der Waals surface area contributed by atoms with Crippen LogP contribution in [0.25, 0.3) is 0 Å². The summed E-state index contributed by atoms with van der Waals surface area (Å²) in [6, 6.07) is 0. The number of hydrogen-bond acceptors (Lipinski definition) is 6. The van der Waals surface area contributed by atoms with Gasteiger partial charge in [-0.3, -0.25) is 14.4 Å². The number of esters is 3. The third-order valence-electron chi connectivity index (χ3n) is 2.64. The Morgan fingerprint density at radius 1 is 1.10 bits per heavy atom. The van der Waals surface area contributed by atoms with Gasteiger partial charge in [0.1, 0.15) is 13.0 Å². The van der Waals surface area contributed by atoms with Crippen LogP contribution in [0.5, 0.6) is 0 Å². The third kappa shape index (κ3) is 11.7. The van der Waals surface area contributed by atoms with Gasteiger partial charge in [0.15, 0.2) is 0 Å². The van der Waals surface area contributed by atoms with Gasteiger partial charge in [0, 0.05) is 6.92 Å². The zero-order chi connectivity index (χ0) is 16.1. The van der Waals surface area contributed by atoms with E-state index in [0.717, 1.165) is 24.8 Å². The van der Waals surface area contributed by atoms with Crippen molar-refractivity contribution < 1.29 is 28.6 Å². The fourth-order valence-corrected chi connectivity index (χ4v) is 1.51. The summed E-state index contributed by atoms with van der Waals surface area (Å²) < 4.78 is 14.2. The Kier molecular flexibility index (Phi) is 10.9. The normalized spacial score (nSPS) is 10.9. The maximum absolute atomic E-state index is 11.2. The third-order valence-corrected chi connectivity index (χ3v) is 2.64. The molecule has 6 heteroatoms.